The molecule has 5 nitrogen and oxygen atoms in total. The van der Waals surface area contributed by atoms with E-state index in [9.17, 15) is 0 Å². The van der Waals surface area contributed by atoms with E-state index in [0.29, 0.717) is 23.1 Å². The molecule has 0 amide bonds. The maximum atomic E-state index is 5.82. The number of rotatable bonds is 3. The first-order chi connectivity index (χ1) is 9.78. The normalized spacial score (nSPS) is 10.4. The number of ether oxygens (including phenoxy) is 1. The summed E-state index contributed by atoms with van der Waals surface area (Å²) in [5.41, 5.74) is 8.22. The quantitative estimate of drug-likeness (QED) is 0.715. The number of nitrogens with zero attached hydrogens (tertiary/aromatic N) is 2. The van der Waals surface area contributed by atoms with E-state index >= 15 is 0 Å². The smallest absolute Gasteiger partial charge is 0.181 e. The average molecular weight is 266 g/mol. The molecule has 0 saturated carbocycles. The van der Waals surface area contributed by atoms with Gasteiger partial charge >= 0.3 is 0 Å². The molecule has 100 valence electrons. The second kappa shape index (κ2) is 5.05. The first-order valence-electron chi connectivity index (χ1n) is 6.19. The molecule has 0 unspecified atom stereocenters. The zero-order valence-electron chi connectivity index (χ0n) is 11.0. The van der Waals surface area contributed by atoms with Crippen LogP contribution in [0.3, 0.4) is 0 Å². The van der Waals surface area contributed by atoms with E-state index < -0.39 is 0 Å². The zero-order valence-corrected chi connectivity index (χ0v) is 11.0. The molecule has 0 fully saturated rings. The van der Waals surface area contributed by atoms with Crippen molar-refractivity contribution in [1.82, 2.24) is 15.2 Å². The number of aromatic amines is 1. The van der Waals surface area contributed by atoms with Crippen molar-refractivity contribution in [3.05, 3.63) is 48.5 Å². The van der Waals surface area contributed by atoms with E-state index in [4.69, 9.17) is 10.5 Å². The van der Waals surface area contributed by atoms with Crippen LogP contribution >= 0.6 is 0 Å². The van der Waals surface area contributed by atoms with Gasteiger partial charge in [-0.15, -0.1) is 0 Å². The van der Waals surface area contributed by atoms with Crippen molar-refractivity contribution in [3.63, 3.8) is 0 Å². The van der Waals surface area contributed by atoms with Gasteiger partial charge in [0.15, 0.2) is 11.6 Å². The van der Waals surface area contributed by atoms with Gasteiger partial charge in [0.25, 0.3) is 0 Å². The van der Waals surface area contributed by atoms with Crippen LogP contribution < -0.4 is 10.5 Å². The lowest BCUT2D eigenvalue weighted by molar-refractivity contribution is 0.416. The second-order valence-corrected chi connectivity index (χ2v) is 4.33. The van der Waals surface area contributed by atoms with E-state index in [1.54, 1.807) is 13.2 Å². The molecule has 1 heterocycles. The van der Waals surface area contributed by atoms with Gasteiger partial charge in [0.1, 0.15) is 5.75 Å². The second-order valence-electron chi connectivity index (χ2n) is 4.33. The van der Waals surface area contributed by atoms with Crippen LogP contribution in [0.2, 0.25) is 0 Å². The molecule has 3 aromatic rings. The molecule has 1 aromatic heterocycles. The number of hydrogen-bond acceptors (Lipinski definition) is 4. The molecule has 0 radical (unpaired) electrons. The Labute approximate surface area is 116 Å². The lowest BCUT2D eigenvalue weighted by Crippen LogP contribution is -1.92. The zero-order chi connectivity index (χ0) is 13.9. The Kier molecular flexibility index (Phi) is 3.09. The summed E-state index contributed by atoms with van der Waals surface area (Å²) in [7, 11) is 1.61. The Morgan fingerprint density at radius 3 is 2.65 bits per heavy atom. The molecule has 0 spiro atoms. The van der Waals surface area contributed by atoms with E-state index in [0.717, 1.165) is 11.1 Å². The van der Waals surface area contributed by atoms with Crippen LogP contribution in [0.1, 0.15) is 0 Å². The monoisotopic (exact) mass is 266 g/mol. The van der Waals surface area contributed by atoms with Crippen LogP contribution in [0.4, 0.5) is 5.69 Å². The Balaban J connectivity index is 2.04. The van der Waals surface area contributed by atoms with Crippen molar-refractivity contribution in [2.24, 2.45) is 0 Å². The minimum absolute atomic E-state index is 0.632. The number of nitrogens with two attached hydrogens (primary N) is 1. The third-order valence-corrected chi connectivity index (χ3v) is 3.00. The number of nitrogens with one attached hydrogen (secondary N) is 1. The largest absolute Gasteiger partial charge is 0.496 e. The molecule has 0 saturated heterocycles. The molecule has 0 aliphatic carbocycles. The van der Waals surface area contributed by atoms with Crippen molar-refractivity contribution in [3.8, 4) is 28.5 Å². The predicted octanol–water partition coefficient (Wildman–Crippen LogP) is 2.73. The number of aromatic nitrogens is 3. The van der Waals surface area contributed by atoms with Gasteiger partial charge in [0.05, 0.1) is 12.7 Å². The predicted molar refractivity (Wildman–Crippen MR) is 78.2 cm³/mol. The highest BCUT2D eigenvalue weighted by Gasteiger charge is 2.12. The van der Waals surface area contributed by atoms with Gasteiger partial charge in [0, 0.05) is 11.3 Å². The van der Waals surface area contributed by atoms with Crippen LogP contribution in [0.25, 0.3) is 22.8 Å². The summed E-state index contributed by atoms with van der Waals surface area (Å²) in [5, 5.41) is 7.16. The maximum Gasteiger partial charge on any atom is 0.181 e. The van der Waals surface area contributed by atoms with Gasteiger partial charge in [-0.2, -0.15) is 5.10 Å². The van der Waals surface area contributed by atoms with Gasteiger partial charge in [-0.05, 0) is 18.2 Å². The molecule has 0 aliphatic heterocycles. The van der Waals surface area contributed by atoms with Crippen molar-refractivity contribution < 1.29 is 4.74 Å². The standard InChI is InChI=1S/C15H14N4O/c1-20-13-8-7-11(16)9-12(13)15-17-14(18-19-15)10-5-3-2-4-6-10/h2-9H,16H2,1H3,(H,17,18,19). The van der Waals surface area contributed by atoms with Crippen molar-refractivity contribution in [1.29, 1.82) is 0 Å². The highest BCUT2D eigenvalue weighted by Crippen LogP contribution is 2.30. The fourth-order valence-corrected chi connectivity index (χ4v) is 2.01. The van der Waals surface area contributed by atoms with Gasteiger partial charge in [-0.1, -0.05) is 30.3 Å². The fourth-order valence-electron chi connectivity index (χ4n) is 2.01. The molecule has 3 rings (SSSR count). The van der Waals surface area contributed by atoms with Crippen LogP contribution in [-0.4, -0.2) is 22.3 Å². The van der Waals surface area contributed by atoms with Crippen LogP contribution in [-0.2, 0) is 0 Å². The summed E-state index contributed by atoms with van der Waals surface area (Å²) in [6.45, 7) is 0. The molecule has 0 bridgehead atoms. The van der Waals surface area contributed by atoms with Crippen molar-refractivity contribution in [2.45, 2.75) is 0 Å². The number of nitrogen functional groups attached to an aromatic ring is 1. The first kappa shape index (κ1) is 12.2. The number of H-pyrrole nitrogens is 1. The number of benzene rings is 2. The number of anilines is 1. The lowest BCUT2D eigenvalue weighted by Gasteiger charge is -2.06. The Morgan fingerprint density at radius 2 is 1.90 bits per heavy atom. The SMILES string of the molecule is COc1ccc(N)cc1-c1nc(-c2ccccc2)n[nH]1. The van der Waals surface area contributed by atoms with Crippen LogP contribution in [0.15, 0.2) is 48.5 Å². The first-order valence-corrected chi connectivity index (χ1v) is 6.19. The third kappa shape index (κ3) is 2.21. The number of methoxy groups -OCH3 is 1. The summed E-state index contributed by atoms with van der Waals surface area (Å²) in [5.74, 6) is 1.98. The third-order valence-electron chi connectivity index (χ3n) is 3.00. The van der Waals surface area contributed by atoms with E-state index in [1.165, 1.54) is 0 Å². The molecule has 20 heavy (non-hydrogen) atoms. The Hall–Kier alpha value is -2.82. The highest BCUT2D eigenvalue weighted by atomic mass is 16.5. The van der Waals surface area contributed by atoms with Gasteiger partial charge in [0.2, 0.25) is 0 Å². The minimum Gasteiger partial charge on any atom is -0.496 e. The van der Waals surface area contributed by atoms with E-state index in [2.05, 4.69) is 15.2 Å². The molecule has 2 aromatic carbocycles. The van der Waals surface area contributed by atoms with Crippen LogP contribution in [0.5, 0.6) is 5.75 Å². The summed E-state index contributed by atoms with van der Waals surface area (Å²) >= 11 is 0. The fraction of sp³-hybridized carbons (Fsp3) is 0.0667. The Bertz CT molecular complexity index is 722. The van der Waals surface area contributed by atoms with E-state index in [-0.39, 0.29) is 0 Å². The average Bonchev–Trinajstić information content (AvgIpc) is 2.98. The van der Waals surface area contributed by atoms with Crippen LogP contribution in [0, 0.1) is 0 Å². The molecule has 5 heteroatoms. The topological polar surface area (TPSA) is 76.8 Å². The van der Waals surface area contributed by atoms with Crippen molar-refractivity contribution >= 4 is 5.69 Å². The molecule has 0 aliphatic rings. The summed E-state index contributed by atoms with van der Waals surface area (Å²) in [6, 6.07) is 15.2. The van der Waals surface area contributed by atoms with Crippen molar-refractivity contribution in [2.75, 3.05) is 12.8 Å². The number of hydrogen-bond donors (Lipinski definition) is 2. The molecule has 0 atom stereocenters. The molecular formula is C15H14N4O. The maximum absolute atomic E-state index is 5.82. The summed E-state index contributed by atoms with van der Waals surface area (Å²) < 4.78 is 5.33. The Morgan fingerprint density at radius 1 is 1.10 bits per heavy atom. The van der Waals surface area contributed by atoms with Gasteiger partial charge in [-0.3, -0.25) is 5.10 Å². The van der Waals surface area contributed by atoms with E-state index in [1.807, 2.05) is 42.5 Å². The lowest BCUT2D eigenvalue weighted by atomic mass is 10.1. The summed E-state index contributed by atoms with van der Waals surface area (Å²) in [6.07, 6.45) is 0. The molecule has 3 N–H and O–H groups in total. The highest BCUT2D eigenvalue weighted by molar-refractivity contribution is 5.70. The van der Waals surface area contributed by atoms with Gasteiger partial charge < -0.3 is 10.5 Å². The summed E-state index contributed by atoms with van der Waals surface area (Å²) in [4.78, 5) is 4.50. The minimum atomic E-state index is 0.632. The van der Waals surface area contributed by atoms with Gasteiger partial charge in [-0.25, -0.2) is 4.98 Å². The molecular weight excluding hydrogens is 252 g/mol.